The van der Waals surface area contributed by atoms with Gasteiger partial charge in [0.05, 0.1) is 15.8 Å². The predicted octanol–water partition coefficient (Wildman–Crippen LogP) is 3.92. The van der Waals surface area contributed by atoms with Crippen LogP contribution in [0.5, 0.6) is 5.75 Å². The van der Waals surface area contributed by atoms with Gasteiger partial charge in [-0.15, -0.1) is 11.3 Å². The number of carbonyl (C=O) groups excluding carboxylic acids is 1. The highest BCUT2D eigenvalue weighted by molar-refractivity contribution is 9.10. The third kappa shape index (κ3) is 5.22. The van der Waals surface area contributed by atoms with Crippen LogP contribution in [0, 0.1) is 0 Å². The lowest BCUT2D eigenvalue weighted by molar-refractivity contribution is -0.139. The molecule has 8 nitrogen and oxygen atoms in total. The van der Waals surface area contributed by atoms with Crippen molar-refractivity contribution in [2.24, 2.45) is 0 Å². The average molecular weight is 491 g/mol. The standard InChI is InChI=1S/C20H15BrN2O6S/c21-16-17(29-10-15(25)26)19(20(27)28)30-18(16)11-4-3-6-13(8-11)23-14(24)9-12-5-1-2-7-22-12/h1-8H,9-10H2,(H,23,24)(H,25,26)(H,27,28). The molecule has 0 fully saturated rings. The van der Waals surface area contributed by atoms with Crippen LogP contribution in [0.3, 0.4) is 0 Å². The maximum absolute atomic E-state index is 12.3. The van der Waals surface area contributed by atoms with Gasteiger partial charge in [-0.25, -0.2) is 9.59 Å². The fraction of sp³-hybridized carbons (Fsp3) is 0.100. The summed E-state index contributed by atoms with van der Waals surface area (Å²) in [4.78, 5) is 39.2. The SMILES string of the molecule is O=C(O)COc1c(C(=O)O)sc(-c2cccc(NC(=O)Cc3ccccn3)c2)c1Br. The molecule has 10 heteroatoms. The molecule has 2 aromatic heterocycles. The molecule has 3 rings (SSSR count). The van der Waals surface area contributed by atoms with Crippen molar-refractivity contribution in [1.82, 2.24) is 4.98 Å². The van der Waals surface area contributed by atoms with Crippen molar-refractivity contribution in [3.63, 3.8) is 0 Å². The number of rotatable bonds is 8. The van der Waals surface area contributed by atoms with Gasteiger partial charge in [-0.3, -0.25) is 9.78 Å². The van der Waals surface area contributed by atoms with Crippen molar-refractivity contribution >= 4 is 50.8 Å². The van der Waals surface area contributed by atoms with Crippen LogP contribution in [-0.2, 0) is 16.0 Å². The number of ether oxygens (including phenoxy) is 1. The molecular weight excluding hydrogens is 476 g/mol. The molecule has 0 aliphatic carbocycles. The minimum atomic E-state index is -1.23. The van der Waals surface area contributed by atoms with Crippen molar-refractivity contribution in [3.8, 4) is 16.2 Å². The number of nitrogens with one attached hydrogen (secondary N) is 1. The van der Waals surface area contributed by atoms with E-state index in [0.29, 0.717) is 26.3 Å². The summed E-state index contributed by atoms with van der Waals surface area (Å²) >= 11 is 4.25. The Morgan fingerprint density at radius 1 is 1.13 bits per heavy atom. The minimum Gasteiger partial charge on any atom is -0.479 e. The van der Waals surface area contributed by atoms with E-state index in [1.165, 1.54) is 0 Å². The third-order valence-corrected chi connectivity index (χ3v) is 6.05. The number of anilines is 1. The highest BCUT2D eigenvalue weighted by atomic mass is 79.9. The fourth-order valence-electron chi connectivity index (χ4n) is 2.60. The summed E-state index contributed by atoms with van der Waals surface area (Å²) in [7, 11) is 0. The van der Waals surface area contributed by atoms with Gasteiger partial charge in [0, 0.05) is 17.6 Å². The van der Waals surface area contributed by atoms with E-state index in [1.54, 1.807) is 48.7 Å². The molecule has 0 bridgehead atoms. The van der Waals surface area contributed by atoms with Gasteiger partial charge in [0.15, 0.2) is 17.2 Å². The van der Waals surface area contributed by atoms with E-state index >= 15 is 0 Å². The fourth-order valence-corrected chi connectivity index (χ4v) is 4.48. The zero-order valence-corrected chi connectivity index (χ0v) is 17.7. The minimum absolute atomic E-state index is 0.0468. The van der Waals surface area contributed by atoms with E-state index in [1.807, 2.05) is 0 Å². The molecule has 0 aliphatic rings. The van der Waals surface area contributed by atoms with Gasteiger partial charge in [0.2, 0.25) is 5.91 Å². The van der Waals surface area contributed by atoms with Gasteiger partial charge in [0.25, 0.3) is 0 Å². The maximum Gasteiger partial charge on any atom is 0.349 e. The van der Waals surface area contributed by atoms with Crippen molar-refractivity contribution in [2.75, 3.05) is 11.9 Å². The van der Waals surface area contributed by atoms with Crippen LogP contribution in [0.1, 0.15) is 15.4 Å². The number of nitrogens with zero attached hydrogens (tertiary/aromatic N) is 1. The van der Waals surface area contributed by atoms with E-state index in [-0.39, 0.29) is 23.0 Å². The number of aromatic nitrogens is 1. The first-order valence-corrected chi connectivity index (χ1v) is 10.2. The highest BCUT2D eigenvalue weighted by Crippen LogP contribution is 2.46. The van der Waals surface area contributed by atoms with Gasteiger partial charge in [-0.2, -0.15) is 0 Å². The molecule has 0 atom stereocenters. The number of thiophene rings is 1. The first-order valence-electron chi connectivity index (χ1n) is 8.55. The van der Waals surface area contributed by atoms with Crippen LogP contribution >= 0.6 is 27.3 Å². The third-order valence-electron chi connectivity index (χ3n) is 3.82. The Morgan fingerprint density at radius 3 is 2.60 bits per heavy atom. The molecule has 3 N–H and O–H groups in total. The quantitative estimate of drug-likeness (QED) is 0.436. The van der Waals surface area contributed by atoms with Crippen LogP contribution in [0.25, 0.3) is 10.4 Å². The number of carbonyl (C=O) groups is 3. The Kier molecular flexibility index (Phi) is 6.80. The number of benzene rings is 1. The second-order valence-corrected chi connectivity index (χ2v) is 7.83. The Bertz CT molecular complexity index is 1100. The molecule has 154 valence electrons. The number of amides is 1. The average Bonchev–Trinajstić information content (AvgIpc) is 3.04. The molecular formula is C20H15BrN2O6S. The summed E-state index contributed by atoms with van der Waals surface area (Å²) < 4.78 is 5.50. The van der Waals surface area contributed by atoms with Crippen LogP contribution in [0.15, 0.2) is 53.1 Å². The van der Waals surface area contributed by atoms with Crippen molar-refractivity contribution in [2.45, 2.75) is 6.42 Å². The topological polar surface area (TPSA) is 126 Å². The zero-order valence-electron chi connectivity index (χ0n) is 15.3. The first kappa shape index (κ1) is 21.5. The van der Waals surface area contributed by atoms with Gasteiger partial charge < -0.3 is 20.3 Å². The molecule has 1 amide bonds. The van der Waals surface area contributed by atoms with Crippen LogP contribution in [-0.4, -0.2) is 39.6 Å². The molecule has 30 heavy (non-hydrogen) atoms. The zero-order chi connectivity index (χ0) is 21.7. The number of carboxylic acids is 2. The molecule has 0 saturated heterocycles. The molecule has 3 aromatic rings. The molecule has 0 spiro atoms. The second kappa shape index (κ2) is 9.51. The lowest BCUT2D eigenvalue weighted by Crippen LogP contribution is -2.15. The number of hydrogen-bond acceptors (Lipinski definition) is 6. The maximum atomic E-state index is 12.3. The van der Waals surface area contributed by atoms with Crippen molar-refractivity contribution in [3.05, 3.63) is 63.7 Å². The Hall–Kier alpha value is -3.24. The summed E-state index contributed by atoms with van der Waals surface area (Å²) in [6.07, 6.45) is 1.73. The summed E-state index contributed by atoms with van der Waals surface area (Å²) in [5.41, 5.74) is 1.80. The van der Waals surface area contributed by atoms with Crippen LogP contribution < -0.4 is 10.1 Å². The summed E-state index contributed by atoms with van der Waals surface area (Å²) in [6, 6.07) is 12.2. The largest absolute Gasteiger partial charge is 0.479 e. The molecule has 0 aliphatic heterocycles. The Morgan fingerprint density at radius 2 is 1.93 bits per heavy atom. The van der Waals surface area contributed by atoms with E-state index in [2.05, 4.69) is 26.2 Å². The smallest absolute Gasteiger partial charge is 0.349 e. The Balaban J connectivity index is 1.84. The van der Waals surface area contributed by atoms with E-state index in [0.717, 1.165) is 11.3 Å². The predicted molar refractivity (Wildman–Crippen MR) is 114 cm³/mol. The molecule has 0 unspecified atom stereocenters. The summed E-state index contributed by atoms with van der Waals surface area (Å²) in [5, 5.41) is 21.0. The number of hydrogen-bond donors (Lipinski definition) is 3. The van der Waals surface area contributed by atoms with E-state index < -0.39 is 18.5 Å². The first-order chi connectivity index (χ1) is 14.3. The van der Waals surface area contributed by atoms with Gasteiger partial charge >= 0.3 is 11.9 Å². The Labute approximate surface area is 183 Å². The number of halogens is 1. The second-order valence-electron chi connectivity index (χ2n) is 6.02. The lowest BCUT2D eigenvalue weighted by Gasteiger charge is -2.07. The van der Waals surface area contributed by atoms with E-state index in [9.17, 15) is 19.5 Å². The molecule has 0 saturated carbocycles. The van der Waals surface area contributed by atoms with Gasteiger partial charge in [0.1, 0.15) is 0 Å². The summed E-state index contributed by atoms with van der Waals surface area (Å²) in [5.74, 6) is -2.74. The molecule has 2 heterocycles. The number of carboxylic acid groups (broad SMARTS) is 2. The number of pyridine rings is 1. The van der Waals surface area contributed by atoms with Crippen LogP contribution in [0.4, 0.5) is 5.69 Å². The van der Waals surface area contributed by atoms with Gasteiger partial charge in [-0.1, -0.05) is 18.2 Å². The van der Waals surface area contributed by atoms with Crippen LogP contribution in [0.2, 0.25) is 0 Å². The number of aliphatic carboxylic acids is 1. The van der Waals surface area contributed by atoms with Crippen molar-refractivity contribution in [1.29, 1.82) is 0 Å². The molecule has 1 aromatic carbocycles. The summed E-state index contributed by atoms with van der Waals surface area (Å²) in [6.45, 7) is -0.668. The van der Waals surface area contributed by atoms with Crippen molar-refractivity contribution < 1.29 is 29.3 Å². The molecule has 0 radical (unpaired) electrons. The normalized spacial score (nSPS) is 10.4. The number of aromatic carboxylic acids is 1. The van der Waals surface area contributed by atoms with Gasteiger partial charge in [-0.05, 0) is 45.8 Å². The lowest BCUT2D eigenvalue weighted by atomic mass is 10.1. The monoisotopic (exact) mass is 490 g/mol. The highest BCUT2D eigenvalue weighted by Gasteiger charge is 2.24. The van der Waals surface area contributed by atoms with E-state index in [4.69, 9.17) is 9.84 Å².